The largest absolute Gasteiger partial charge is 0.352 e. The van der Waals surface area contributed by atoms with E-state index in [0.29, 0.717) is 12.5 Å². The number of nitrogens with two attached hydrogens (primary N) is 1. The number of carbonyl (C=O) groups is 1. The molecular weight excluding hydrogens is 212 g/mol. The highest BCUT2D eigenvalue weighted by atomic mass is 16.1. The topological polar surface area (TPSA) is 55.1 Å². The van der Waals surface area contributed by atoms with Crippen molar-refractivity contribution in [3.05, 3.63) is 35.4 Å². The highest BCUT2D eigenvalue weighted by Crippen LogP contribution is 2.23. The van der Waals surface area contributed by atoms with E-state index in [-0.39, 0.29) is 5.91 Å². The second kappa shape index (κ2) is 5.82. The van der Waals surface area contributed by atoms with Gasteiger partial charge >= 0.3 is 0 Å². The summed E-state index contributed by atoms with van der Waals surface area (Å²) in [6.45, 7) is 1.33. The first kappa shape index (κ1) is 12.1. The van der Waals surface area contributed by atoms with Crippen LogP contribution < -0.4 is 11.1 Å². The Kier molecular flexibility index (Phi) is 4.15. The molecule has 0 heterocycles. The molecule has 1 saturated carbocycles. The van der Waals surface area contributed by atoms with Crippen LogP contribution in [0.2, 0.25) is 0 Å². The standard InChI is InChI=1S/C14H20N2O/c15-9-11-5-7-13(8-6-11)14(17)16-10-12-3-1-2-4-12/h5-8,12H,1-4,9-10,15H2,(H,16,17). The predicted molar refractivity (Wildman–Crippen MR) is 68.6 cm³/mol. The molecule has 0 aromatic heterocycles. The maximum atomic E-state index is 11.9. The van der Waals surface area contributed by atoms with E-state index in [1.807, 2.05) is 24.3 Å². The number of hydrogen-bond acceptors (Lipinski definition) is 2. The number of amides is 1. The Morgan fingerprint density at radius 3 is 2.47 bits per heavy atom. The van der Waals surface area contributed by atoms with Gasteiger partial charge in [0.25, 0.3) is 5.91 Å². The summed E-state index contributed by atoms with van der Waals surface area (Å²) in [7, 11) is 0. The molecule has 2 rings (SSSR count). The van der Waals surface area contributed by atoms with Crippen LogP contribution in [0.4, 0.5) is 0 Å². The Bertz CT molecular complexity index is 366. The first-order valence-electron chi connectivity index (χ1n) is 6.37. The van der Waals surface area contributed by atoms with Gasteiger partial charge in [0, 0.05) is 18.7 Å². The van der Waals surface area contributed by atoms with E-state index in [2.05, 4.69) is 5.32 Å². The molecule has 1 aromatic carbocycles. The molecule has 0 radical (unpaired) electrons. The molecule has 0 aliphatic heterocycles. The van der Waals surface area contributed by atoms with Crippen molar-refractivity contribution in [2.75, 3.05) is 6.54 Å². The van der Waals surface area contributed by atoms with E-state index in [4.69, 9.17) is 5.73 Å². The van der Waals surface area contributed by atoms with Gasteiger partial charge in [0.05, 0.1) is 0 Å². The Morgan fingerprint density at radius 2 is 1.88 bits per heavy atom. The summed E-state index contributed by atoms with van der Waals surface area (Å²) in [6, 6.07) is 7.49. The van der Waals surface area contributed by atoms with Crippen LogP contribution in [0.25, 0.3) is 0 Å². The van der Waals surface area contributed by atoms with Gasteiger partial charge < -0.3 is 11.1 Å². The fourth-order valence-electron chi connectivity index (χ4n) is 2.35. The van der Waals surface area contributed by atoms with Crippen molar-refractivity contribution >= 4 is 5.91 Å². The third kappa shape index (κ3) is 3.30. The molecule has 3 nitrogen and oxygen atoms in total. The number of carbonyl (C=O) groups excluding carboxylic acids is 1. The Morgan fingerprint density at radius 1 is 1.24 bits per heavy atom. The summed E-state index contributed by atoms with van der Waals surface area (Å²) < 4.78 is 0. The van der Waals surface area contributed by atoms with E-state index >= 15 is 0 Å². The van der Waals surface area contributed by atoms with Gasteiger partial charge in [0.2, 0.25) is 0 Å². The number of nitrogens with one attached hydrogen (secondary N) is 1. The monoisotopic (exact) mass is 232 g/mol. The van der Waals surface area contributed by atoms with Crippen molar-refractivity contribution in [1.82, 2.24) is 5.32 Å². The third-order valence-corrected chi connectivity index (χ3v) is 3.48. The van der Waals surface area contributed by atoms with Gasteiger partial charge in [0.15, 0.2) is 0 Å². The molecule has 0 unspecified atom stereocenters. The predicted octanol–water partition coefficient (Wildman–Crippen LogP) is 2.07. The molecule has 1 aliphatic rings. The lowest BCUT2D eigenvalue weighted by atomic mass is 10.1. The smallest absolute Gasteiger partial charge is 0.251 e. The highest BCUT2D eigenvalue weighted by molar-refractivity contribution is 5.94. The van der Waals surface area contributed by atoms with Gasteiger partial charge in [-0.25, -0.2) is 0 Å². The number of benzene rings is 1. The van der Waals surface area contributed by atoms with Crippen LogP contribution in [0.1, 0.15) is 41.6 Å². The molecule has 0 bridgehead atoms. The maximum Gasteiger partial charge on any atom is 0.251 e. The Balaban J connectivity index is 1.85. The molecule has 0 spiro atoms. The zero-order valence-electron chi connectivity index (χ0n) is 10.1. The Hall–Kier alpha value is -1.35. The van der Waals surface area contributed by atoms with Gasteiger partial charge in [-0.3, -0.25) is 4.79 Å². The minimum absolute atomic E-state index is 0.0282. The van der Waals surface area contributed by atoms with E-state index in [1.165, 1.54) is 25.7 Å². The lowest BCUT2D eigenvalue weighted by Gasteiger charge is -2.10. The molecular formula is C14H20N2O. The van der Waals surface area contributed by atoms with Crippen molar-refractivity contribution in [2.24, 2.45) is 11.7 Å². The summed E-state index contributed by atoms with van der Waals surface area (Å²) in [5, 5.41) is 3.01. The zero-order valence-corrected chi connectivity index (χ0v) is 10.1. The minimum Gasteiger partial charge on any atom is -0.352 e. The van der Waals surface area contributed by atoms with Crippen molar-refractivity contribution < 1.29 is 4.79 Å². The van der Waals surface area contributed by atoms with Crippen LogP contribution in [0.3, 0.4) is 0 Å². The average Bonchev–Trinajstić information content (AvgIpc) is 2.89. The summed E-state index contributed by atoms with van der Waals surface area (Å²) in [5.74, 6) is 0.711. The van der Waals surface area contributed by atoms with E-state index in [9.17, 15) is 4.79 Å². The van der Waals surface area contributed by atoms with E-state index in [1.54, 1.807) is 0 Å². The van der Waals surface area contributed by atoms with Gasteiger partial charge in [0.1, 0.15) is 0 Å². The van der Waals surface area contributed by atoms with Gasteiger partial charge in [-0.15, -0.1) is 0 Å². The molecule has 3 N–H and O–H groups in total. The van der Waals surface area contributed by atoms with Gasteiger partial charge in [-0.2, -0.15) is 0 Å². The molecule has 0 atom stereocenters. The molecule has 1 fully saturated rings. The highest BCUT2D eigenvalue weighted by Gasteiger charge is 2.15. The minimum atomic E-state index is 0.0282. The zero-order chi connectivity index (χ0) is 12.1. The number of rotatable bonds is 4. The van der Waals surface area contributed by atoms with Crippen molar-refractivity contribution in [1.29, 1.82) is 0 Å². The van der Waals surface area contributed by atoms with Gasteiger partial charge in [-0.05, 0) is 36.5 Å². The normalized spacial score (nSPS) is 16.1. The summed E-state index contributed by atoms with van der Waals surface area (Å²) >= 11 is 0. The molecule has 3 heteroatoms. The van der Waals surface area contributed by atoms with E-state index in [0.717, 1.165) is 17.7 Å². The Labute approximate surface area is 102 Å². The second-order valence-electron chi connectivity index (χ2n) is 4.76. The van der Waals surface area contributed by atoms with Gasteiger partial charge in [-0.1, -0.05) is 25.0 Å². The quantitative estimate of drug-likeness (QED) is 0.835. The molecule has 17 heavy (non-hydrogen) atoms. The summed E-state index contributed by atoms with van der Waals surface area (Å²) in [4.78, 5) is 11.9. The molecule has 92 valence electrons. The van der Waals surface area contributed by atoms with Crippen LogP contribution in [-0.2, 0) is 6.54 Å². The van der Waals surface area contributed by atoms with Crippen molar-refractivity contribution in [3.8, 4) is 0 Å². The van der Waals surface area contributed by atoms with E-state index < -0.39 is 0 Å². The van der Waals surface area contributed by atoms with Crippen molar-refractivity contribution in [2.45, 2.75) is 32.2 Å². The first-order chi connectivity index (χ1) is 8.29. The second-order valence-corrected chi connectivity index (χ2v) is 4.76. The lowest BCUT2D eigenvalue weighted by molar-refractivity contribution is 0.0947. The molecule has 1 aromatic rings. The lowest BCUT2D eigenvalue weighted by Crippen LogP contribution is -2.28. The number of hydrogen-bond donors (Lipinski definition) is 2. The molecule has 0 saturated heterocycles. The summed E-state index contributed by atoms with van der Waals surface area (Å²) in [6.07, 6.45) is 5.14. The third-order valence-electron chi connectivity index (χ3n) is 3.48. The van der Waals surface area contributed by atoms with Crippen LogP contribution in [-0.4, -0.2) is 12.5 Å². The fraction of sp³-hybridized carbons (Fsp3) is 0.500. The van der Waals surface area contributed by atoms with Crippen LogP contribution >= 0.6 is 0 Å². The first-order valence-corrected chi connectivity index (χ1v) is 6.37. The van der Waals surface area contributed by atoms with Crippen LogP contribution in [0.5, 0.6) is 0 Å². The summed E-state index contributed by atoms with van der Waals surface area (Å²) in [5.41, 5.74) is 7.29. The molecule has 1 aliphatic carbocycles. The fourth-order valence-corrected chi connectivity index (χ4v) is 2.35. The van der Waals surface area contributed by atoms with Crippen LogP contribution in [0, 0.1) is 5.92 Å². The van der Waals surface area contributed by atoms with Crippen LogP contribution in [0.15, 0.2) is 24.3 Å². The van der Waals surface area contributed by atoms with Crippen molar-refractivity contribution in [3.63, 3.8) is 0 Å². The molecule has 1 amide bonds. The maximum absolute atomic E-state index is 11.9. The average molecular weight is 232 g/mol. The SMILES string of the molecule is NCc1ccc(C(=O)NCC2CCCC2)cc1.